The zero-order chi connectivity index (χ0) is 12.4. The number of nitrogens with one attached hydrogen (secondary N) is 1. The molecule has 0 aromatic carbocycles. The maximum Gasteiger partial charge on any atom is 0.270 e. The summed E-state index contributed by atoms with van der Waals surface area (Å²) in [6.07, 6.45) is 0.785. The van der Waals surface area contributed by atoms with Gasteiger partial charge in [-0.05, 0) is 26.0 Å². The van der Waals surface area contributed by atoms with E-state index in [1.807, 2.05) is 13.8 Å². The average molecular weight is 236 g/mol. The predicted octanol–water partition coefficient (Wildman–Crippen LogP) is 1.08. The molecule has 92 valence electrons. The monoisotopic (exact) mass is 236 g/mol. The molecule has 1 saturated heterocycles. The van der Waals surface area contributed by atoms with E-state index in [-0.39, 0.29) is 18.1 Å². The molecule has 0 bridgehead atoms. The molecule has 1 aliphatic heterocycles. The summed E-state index contributed by atoms with van der Waals surface area (Å²) in [5, 5.41) is 0. The van der Waals surface area contributed by atoms with Crippen LogP contribution in [-0.2, 0) is 4.74 Å². The molecule has 0 radical (unpaired) electrons. The Morgan fingerprint density at radius 1 is 1.41 bits per heavy atom. The van der Waals surface area contributed by atoms with Crippen molar-refractivity contribution in [3.8, 4) is 0 Å². The quantitative estimate of drug-likeness (QED) is 0.781. The van der Waals surface area contributed by atoms with Crippen LogP contribution in [0.1, 0.15) is 34.8 Å². The minimum Gasteiger partial charge on any atom is -0.372 e. The van der Waals surface area contributed by atoms with Crippen LogP contribution in [0, 0.1) is 0 Å². The molecule has 1 aromatic heterocycles. The van der Waals surface area contributed by atoms with Crippen molar-refractivity contribution in [2.24, 2.45) is 0 Å². The third-order valence-corrected chi connectivity index (χ3v) is 2.77. The molecule has 1 amide bonds. The zero-order valence-electron chi connectivity index (χ0n) is 9.97. The number of carbonyl (C=O) groups excluding carboxylic acids is 2. The Hall–Kier alpha value is -1.62. The third-order valence-electron chi connectivity index (χ3n) is 2.77. The Morgan fingerprint density at radius 3 is 2.59 bits per heavy atom. The van der Waals surface area contributed by atoms with E-state index >= 15 is 0 Å². The largest absolute Gasteiger partial charge is 0.372 e. The Labute approximate surface area is 99.8 Å². The minimum atomic E-state index is -0.0832. The maximum atomic E-state index is 12.1. The summed E-state index contributed by atoms with van der Waals surface area (Å²) in [5.41, 5.74) is 0.871. The Kier molecular flexibility index (Phi) is 3.28. The summed E-state index contributed by atoms with van der Waals surface area (Å²) in [4.78, 5) is 27.2. The normalized spacial score (nSPS) is 24.7. The molecule has 17 heavy (non-hydrogen) atoms. The van der Waals surface area contributed by atoms with Gasteiger partial charge in [0.2, 0.25) is 0 Å². The highest BCUT2D eigenvalue weighted by Gasteiger charge is 2.27. The van der Waals surface area contributed by atoms with Gasteiger partial charge < -0.3 is 14.6 Å². The molecule has 1 N–H and O–H groups in total. The fourth-order valence-electron chi connectivity index (χ4n) is 2.12. The van der Waals surface area contributed by atoms with Crippen LogP contribution in [-0.4, -0.2) is 47.4 Å². The lowest BCUT2D eigenvalue weighted by Crippen LogP contribution is -2.48. The number of carbonyl (C=O) groups is 2. The Morgan fingerprint density at radius 2 is 2.06 bits per heavy atom. The number of nitrogens with zero attached hydrogens (tertiary/aromatic N) is 1. The minimum absolute atomic E-state index is 0.0446. The number of morpholine rings is 1. The van der Waals surface area contributed by atoms with E-state index in [0.29, 0.717) is 30.8 Å². The number of hydrogen-bond acceptors (Lipinski definition) is 3. The first-order valence-electron chi connectivity index (χ1n) is 5.69. The van der Waals surface area contributed by atoms with Gasteiger partial charge in [-0.3, -0.25) is 9.59 Å². The second kappa shape index (κ2) is 4.71. The van der Waals surface area contributed by atoms with Crippen LogP contribution in [0.3, 0.4) is 0 Å². The van der Waals surface area contributed by atoms with Crippen LogP contribution >= 0.6 is 0 Å². The maximum absolute atomic E-state index is 12.1. The lowest BCUT2D eigenvalue weighted by Gasteiger charge is -2.35. The lowest BCUT2D eigenvalue weighted by molar-refractivity contribution is -0.0587. The van der Waals surface area contributed by atoms with E-state index in [0.717, 1.165) is 0 Å². The fourth-order valence-corrected chi connectivity index (χ4v) is 2.12. The highest BCUT2D eigenvalue weighted by molar-refractivity contribution is 5.93. The summed E-state index contributed by atoms with van der Waals surface area (Å²) < 4.78 is 5.57. The summed E-state index contributed by atoms with van der Waals surface area (Å²) in [5.74, 6) is -0.0832. The molecule has 0 saturated carbocycles. The van der Waals surface area contributed by atoms with Crippen LogP contribution in [0.5, 0.6) is 0 Å². The second-order valence-corrected chi connectivity index (χ2v) is 4.41. The zero-order valence-corrected chi connectivity index (χ0v) is 9.97. The van der Waals surface area contributed by atoms with Crippen molar-refractivity contribution in [2.45, 2.75) is 26.1 Å². The van der Waals surface area contributed by atoms with Gasteiger partial charge in [0.25, 0.3) is 5.91 Å². The molecule has 1 fully saturated rings. The molecule has 0 aliphatic carbocycles. The number of aromatic amines is 1. The number of hydrogen-bond donors (Lipinski definition) is 1. The van der Waals surface area contributed by atoms with Gasteiger partial charge in [-0.1, -0.05) is 0 Å². The molecule has 2 unspecified atom stereocenters. The van der Waals surface area contributed by atoms with Gasteiger partial charge in [0.15, 0.2) is 6.29 Å². The summed E-state index contributed by atoms with van der Waals surface area (Å²) in [6.45, 7) is 5.06. The molecular formula is C12H16N2O3. The Balaban J connectivity index is 2.11. The Bertz CT molecular complexity index is 417. The van der Waals surface area contributed by atoms with Gasteiger partial charge in [-0.15, -0.1) is 0 Å². The fraction of sp³-hybridized carbons (Fsp3) is 0.500. The van der Waals surface area contributed by atoms with Crippen molar-refractivity contribution in [3.63, 3.8) is 0 Å². The number of aldehydes is 1. The number of amides is 1. The topological polar surface area (TPSA) is 62.4 Å². The SMILES string of the molecule is CC1CN(C(=O)c2ccc(C=O)[nH]2)CC(C)O1. The molecule has 1 aromatic rings. The summed E-state index contributed by atoms with van der Waals surface area (Å²) in [7, 11) is 0. The molecule has 5 heteroatoms. The van der Waals surface area contributed by atoms with Crippen molar-refractivity contribution in [3.05, 3.63) is 23.5 Å². The van der Waals surface area contributed by atoms with Gasteiger partial charge in [0, 0.05) is 13.1 Å². The standard InChI is InChI=1S/C12H16N2O3/c1-8-5-14(6-9(2)17-8)12(16)11-4-3-10(7-15)13-11/h3-4,7-9,13H,5-6H2,1-2H3. The van der Waals surface area contributed by atoms with Gasteiger partial charge in [0.1, 0.15) is 5.69 Å². The molecule has 0 spiro atoms. The highest BCUT2D eigenvalue weighted by Crippen LogP contribution is 2.13. The van der Waals surface area contributed by atoms with E-state index < -0.39 is 0 Å². The van der Waals surface area contributed by atoms with Crippen LogP contribution in [0.4, 0.5) is 0 Å². The van der Waals surface area contributed by atoms with E-state index in [4.69, 9.17) is 4.74 Å². The first-order chi connectivity index (χ1) is 8.10. The van der Waals surface area contributed by atoms with Crippen molar-refractivity contribution >= 4 is 12.2 Å². The van der Waals surface area contributed by atoms with Crippen molar-refractivity contribution in [2.75, 3.05) is 13.1 Å². The molecule has 2 atom stereocenters. The van der Waals surface area contributed by atoms with Crippen molar-refractivity contribution in [1.29, 1.82) is 0 Å². The third kappa shape index (κ3) is 2.55. The van der Waals surface area contributed by atoms with Crippen LogP contribution in [0.25, 0.3) is 0 Å². The van der Waals surface area contributed by atoms with E-state index in [1.54, 1.807) is 17.0 Å². The van der Waals surface area contributed by atoms with E-state index in [9.17, 15) is 9.59 Å². The van der Waals surface area contributed by atoms with Crippen LogP contribution < -0.4 is 0 Å². The first-order valence-corrected chi connectivity index (χ1v) is 5.69. The molecule has 2 rings (SSSR count). The molecule has 5 nitrogen and oxygen atoms in total. The molecule has 2 heterocycles. The summed E-state index contributed by atoms with van der Waals surface area (Å²) >= 11 is 0. The van der Waals surface area contributed by atoms with Crippen LogP contribution in [0.15, 0.2) is 12.1 Å². The van der Waals surface area contributed by atoms with E-state index in [2.05, 4.69) is 4.98 Å². The smallest absolute Gasteiger partial charge is 0.270 e. The van der Waals surface area contributed by atoms with E-state index in [1.165, 1.54) is 0 Å². The first kappa shape index (κ1) is 11.9. The number of aromatic nitrogens is 1. The second-order valence-electron chi connectivity index (χ2n) is 4.41. The van der Waals surface area contributed by atoms with Crippen LogP contribution in [0.2, 0.25) is 0 Å². The predicted molar refractivity (Wildman–Crippen MR) is 62.1 cm³/mol. The van der Waals surface area contributed by atoms with Gasteiger partial charge >= 0.3 is 0 Å². The highest BCUT2D eigenvalue weighted by atomic mass is 16.5. The molecule has 1 aliphatic rings. The molecular weight excluding hydrogens is 220 g/mol. The van der Waals surface area contributed by atoms with Crippen molar-refractivity contribution in [1.82, 2.24) is 9.88 Å². The average Bonchev–Trinajstić information content (AvgIpc) is 2.75. The van der Waals surface area contributed by atoms with Gasteiger partial charge in [0.05, 0.1) is 17.9 Å². The van der Waals surface area contributed by atoms with Gasteiger partial charge in [-0.2, -0.15) is 0 Å². The number of rotatable bonds is 2. The summed E-state index contributed by atoms with van der Waals surface area (Å²) in [6, 6.07) is 3.24. The number of H-pyrrole nitrogens is 1. The lowest BCUT2D eigenvalue weighted by atomic mass is 10.2. The van der Waals surface area contributed by atoms with Gasteiger partial charge in [-0.25, -0.2) is 0 Å². The number of ether oxygens (including phenoxy) is 1. The van der Waals surface area contributed by atoms with Crippen molar-refractivity contribution < 1.29 is 14.3 Å².